The van der Waals surface area contributed by atoms with Crippen molar-refractivity contribution in [1.82, 2.24) is 14.4 Å². The van der Waals surface area contributed by atoms with E-state index in [-0.39, 0.29) is 11.9 Å². The molecule has 0 radical (unpaired) electrons. The molecule has 2 aromatic rings. The number of aromatic nitrogens is 1. The van der Waals surface area contributed by atoms with Crippen molar-refractivity contribution >= 4 is 22.8 Å². The maximum absolute atomic E-state index is 13.1. The van der Waals surface area contributed by atoms with E-state index in [1.54, 1.807) is 0 Å². The van der Waals surface area contributed by atoms with Crippen LogP contribution in [0.1, 0.15) is 29.6 Å². The van der Waals surface area contributed by atoms with Crippen LogP contribution in [-0.4, -0.2) is 64.1 Å². The Labute approximate surface area is 153 Å². The Morgan fingerprint density at radius 3 is 2.73 bits per heavy atom. The van der Waals surface area contributed by atoms with E-state index in [1.165, 1.54) is 0 Å². The number of fused-ring (bicyclic) bond motifs is 2. The predicted molar refractivity (Wildman–Crippen MR) is 99.2 cm³/mol. The Bertz CT molecular complexity index is 874. The van der Waals surface area contributed by atoms with Gasteiger partial charge in [0.25, 0.3) is 5.91 Å². The summed E-state index contributed by atoms with van der Waals surface area (Å²) in [6.07, 6.45) is 4.11. The molecular weight excluding hydrogens is 330 g/mol. The largest absolute Gasteiger partial charge is 0.481 e. The molecule has 3 heterocycles. The molecule has 2 saturated heterocycles. The summed E-state index contributed by atoms with van der Waals surface area (Å²) in [7, 11) is 3.95. The molecule has 1 aromatic carbocycles. The first-order chi connectivity index (χ1) is 12.4. The molecule has 0 aliphatic carbocycles. The molecule has 0 bridgehead atoms. The number of carboxylic acid groups (broad SMARTS) is 1. The summed E-state index contributed by atoms with van der Waals surface area (Å²) < 4.78 is 2.01. The zero-order valence-corrected chi connectivity index (χ0v) is 15.3. The molecule has 138 valence electrons. The van der Waals surface area contributed by atoms with Gasteiger partial charge in [0.15, 0.2) is 0 Å². The van der Waals surface area contributed by atoms with Crippen molar-refractivity contribution in [2.45, 2.75) is 25.3 Å². The van der Waals surface area contributed by atoms with Crippen LogP contribution in [0.5, 0.6) is 0 Å². The number of likely N-dealkylation sites (N-methyl/N-ethyl adjacent to an activating group) is 1. The molecule has 26 heavy (non-hydrogen) atoms. The van der Waals surface area contributed by atoms with Gasteiger partial charge in [0.1, 0.15) is 0 Å². The number of aliphatic carboxylic acids is 1. The van der Waals surface area contributed by atoms with Gasteiger partial charge in [-0.2, -0.15) is 0 Å². The van der Waals surface area contributed by atoms with Crippen LogP contribution in [-0.2, 0) is 11.8 Å². The van der Waals surface area contributed by atoms with Crippen molar-refractivity contribution in [1.29, 1.82) is 0 Å². The fraction of sp³-hybridized carbons (Fsp3) is 0.500. The highest BCUT2D eigenvalue weighted by atomic mass is 16.4. The summed E-state index contributed by atoms with van der Waals surface area (Å²) >= 11 is 0. The third-order valence-corrected chi connectivity index (χ3v) is 6.37. The molecule has 2 aliphatic heterocycles. The third kappa shape index (κ3) is 2.51. The zero-order chi connectivity index (χ0) is 18.5. The predicted octanol–water partition coefficient (Wildman–Crippen LogP) is 2.19. The average molecular weight is 355 g/mol. The molecule has 0 unspecified atom stereocenters. The Morgan fingerprint density at radius 1 is 1.15 bits per heavy atom. The molecule has 2 fully saturated rings. The smallest absolute Gasteiger partial charge is 0.311 e. The highest BCUT2D eigenvalue weighted by Gasteiger charge is 2.52. The van der Waals surface area contributed by atoms with Gasteiger partial charge in [0.05, 0.1) is 5.41 Å². The second kappa shape index (κ2) is 6.13. The summed E-state index contributed by atoms with van der Waals surface area (Å²) in [6.45, 7) is 1.87. The minimum absolute atomic E-state index is 0.00828. The van der Waals surface area contributed by atoms with Crippen LogP contribution in [0.4, 0.5) is 0 Å². The van der Waals surface area contributed by atoms with E-state index in [0.717, 1.165) is 23.9 Å². The van der Waals surface area contributed by atoms with Gasteiger partial charge in [-0.15, -0.1) is 0 Å². The number of benzene rings is 1. The molecule has 0 spiro atoms. The molecule has 0 saturated carbocycles. The van der Waals surface area contributed by atoms with Gasteiger partial charge < -0.3 is 19.5 Å². The van der Waals surface area contributed by atoms with Crippen LogP contribution in [0.3, 0.4) is 0 Å². The number of hydrogen-bond donors (Lipinski definition) is 1. The van der Waals surface area contributed by atoms with Gasteiger partial charge in [0.2, 0.25) is 0 Å². The van der Waals surface area contributed by atoms with E-state index >= 15 is 0 Å². The van der Waals surface area contributed by atoms with Crippen LogP contribution < -0.4 is 0 Å². The maximum atomic E-state index is 13.1. The van der Waals surface area contributed by atoms with Crippen LogP contribution in [0.25, 0.3) is 10.9 Å². The molecule has 1 N–H and O–H groups in total. The maximum Gasteiger partial charge on any atom is 0.311 e. The Hall–Kier alpha value is -2.34. The number of rotatable bonds is 2. The molecule has 1 amide bonds. The lowest BCUT2D eigenvalue weighted by molar-refractivity contribution is -0.161. The lowest BCUT2D eigenvalue weighted by Crippen LogP contribution is -2.63. The van der Waals surface area contributed by atoms with Crippen LogP contribution in [0, 0.1) is 5.41 Å². The number of hydrogen-bond acceptors (Lipinski definition) is 3. The number of carboxylic acids is 1. The molecule has 4 rings (SSSR count). The molecule has 1 aromatic heterocycles. The normalized spacial score (nSPS) is 26.7. The summed E-state index contributed by atoms with van der Waals surface area (Å²) in [5.41, 5.74) is 0.981. The highest BCUT2D eigenvalue weighted by molar-refractivity contribution is 5.98. The second-order valence-corrected chi connectivity index (χ2v) is 7.76. The Kier molecular flexibility index (Phi) is 4.03. The standard InChI is InChI=1S/C20H25N3O3/c1-21-10-6-14-4-5-15(12-16(14)21)18(24)23-11-8-20(19(25)26)7-3-9-22(2)17(20)13-23/h4-6,10,12,17H,3,7-9,11,13H2,1-2H3,(H,25,26)/t17-,20+/m1/s1. The van der Waals surface area contributed by atoms with Crippen LogP contribution in [0.15, 0.2) is 30.5 Å². The summed E-state index contributed by atoms with van der Waals surface area (Å²) in [4.78, 5) is 29.1. The Morgan fingerprint density at radius 2 is 1.96 bits per heavy atom. The second-order valence-electron chi connectivity index (χ2n) is 7.76. The van der Waals surface area contributed by atoms with Gasteiger partial charge in [-0.1, -0.05) is 6.07 Å². The fourth-order valence-corrected chi connectivity index (χ4v) is 4.75. The van der Waals surface area contributed by atoms with Crippen molar-refractivity contribution in [3.8, 4) is 0 Å². The van der Waals surface area contributed by atoms with E-state index in [0.29, 0.717) is 31.5 Å². The van der Waals surface area contributed by atoms with E-state index < -0.39 is 11.4 Å². The molecule has 2 atom stereocenters. The van der Waals surface area contributed by atoms with E-state index in [1.807, 2.05) is 54.0 Å². The average Bonchev–Trinajstić information content (AvgIpc) is 3.01. The minimum atomic E-state index is -0.716. The SMILES string of the molecule is CN1CCC[C@]2(C(=O)O)CCN(C(=O)c3ccc4ccn(C)c4c3)C[C@@H]12. The highest BCUT2D eigenvalue weighted by Crippen LogP contribution is 2.42. The van der Waals surface area contributed by atoms with Gasteiger partial charge >= 0.3 is 5.97 Å². The summed E-state index contributed by atoms with van der Waals surface area (Å²) in [5, 5.41) is 11.0. The van der Waals surface area contributed by atoms with Crippen LogP contribution >= 0.6 is 0 Å². The summed E-state index contributed by atoms with van der Waals surface area (Å²) in [5.74, 6) is -0.725. The van der Waals surface area contributed by atoms with Gasteiger partial charge in [0, 0.05) is 43.5 Å². The number of amides is 1. The number of carbonyl (C=O) groups excluding carboxylic acids is 1. The fourth-order valence-electron chi connectivity index (χ4n) is 4.75. The quantitative estimate of drug-likeness (QED) is 0.897. The van der Waals surface area contributed by atoms with E-state index in [9.17, 15) is 14.7 Å². The minimum Gasteiger partial charge on any atom is -0.481 e. The number of carbonyl (C=O) groups is 2. The molecule has 6 nitrogen and oxygen atoms in total. The van der Waals surface area contributed by atoms with Gasteiger partial charge in [-0.25, -0.2) is 0 Å². The van der Waals surface area contributed by atoms with Gasteiger partial charge in [-0.3, -0.25) is 9.59 Å². The number of nitrogens with zero attached hydrogens (tertiary/aromatic N) is 3. The third-order valence-electron chi connectivity index (χ3n) is 6.37. The lowest BCUT2D eigenvalue weighted by atomic mass is 9.68. The Balaban J connectivity index is 1.61. The van der Waals surface area contributed by atoms with Crippen molar-refractivity contribution in [2.24, 2.45) is 12.5 Å². The number of aryl methyl sites for hydroxylation is 1. The van der Waals surface area contributed by atoms with Crippen LogP contribution in [0.2, 0.25) is 0 Å². The number of piperidine rings is 2. The molecular formula is C20H25N3O3. The first kappa shape index (κ1) is 17.1. The first-order valence-corrected chi connectivity index (χ1v) is 9.20. The molecule has 6 heteroatoms. The van der Waals surface area contributed by atoms with Gasteiger partial charge in [-0.05, 0) is 56.4 Å². The van der Waals surface area contributed by atoms with Crippen molar-refractivity contribution in [2.75, 3.05) is 26.7 Å². The first-order valence-electron chi connectivity index (χ1n) is 9.20. The van der Waals surface area contributed by atoms with E-state index in [2.05, 4.69) is 4.90 Å². The van der Waals surface area contributed by atoms with Crippen molar-refractivity contribution in [3.63, 3.8) is 0 Å². The van der Waals surface area contributed by atoms with Crippen molar-refractivity contribution in [3.05, 3.63) is 36.0 Å². The van der Waals surface area contributed by atoms with Crippen molar-refractivity contribution < 1.29 is 14.7 Å². The summed E-state index contributed by atoms with van der Waals surface area (Å²) in [6, 6.07) is 7.68. The molecule has 2 aliphatic rings. The zero-order valence-electron chi connectivity index (χ0n) is 15.3. The monoisotopic (exact) mass is 355 g/mol. The lowest BCUT2D eigenvalue weighted by Gasteiger charge is -2.51. The number of likely N-dealkylation sites (tertiary alicyclic amines) is 2. The van der Waals surface area contributed by atoms with E-state index in [4.69, 9.17) is 0 Å². The topological polar surface area (TPSA) is 65.8 Å².